The Kier molecular flexibility index (Phi) is 107. The summed E-state index contributed by atoms with van der Waals surface area (Å²) in [6.07, 6.45) is 0. The van der Waals surface area contributed by atoms with Crippen molar-refractivity contribution >= 4 is 0 Å². The average Bonchev–Trinajstić information content (AvgIpc) is 1.00. The van der Waals surface area contributed by atoms with E-state index in [9.17, 15) is 0 Å². The molecule has 0 nitrogen and oxygen atoms in total. The Morgan fingerprint density at radius 3 is 1.25 bits per heavy atom. The number of hydrogen-bond donors (Lipinski definition) is 0. The summed E-state index contributed by atoms with van der Waals surface area (Å²) in [5.74, 6) is 0. The zero-order valence-corrected chi connectivity index (χ0v) is 4.32. The van der Waals surface area contributed by atoms with Crippen LogP contribution in [0.1, 0.15) is 7.43 Å². The monoisotopic (exact) mass is 185 g/mol. The van der Waals surface area contributed by atoms with Crippen molar-refractivity contribution in [1.82, 2.24) is 0 Å². The van der Waals surface area contributed by atoms with Crippen molar-refractivity contribution in [2.75, 3.05) is 0 Å². The second kappa shape index (κ2) is 24.1. The van der Waals surface area contributed by atoms with Crippen LogP contribution in [0.5, 0.6) is 0 Å². The molecule has 0 atom stereocenters. The summed E-state index contributed by atoms with van der Waals surface area (Å²) in [6, 6.07) is 0. The Hall–Kier alpha value is 1.53. The summed E-state index contributed by atoms with van der Waals surface area (Å²) in [6.45, 7) is 0. The molecule has 0 heterocycles. The van der Waals surface area contributed by atoms with Crippen LogP contribution >= 0.6 is 0 Å². The van der Waals surface area contributed by atoms with E-state index in [-0.39, 0.29) is 23.9 Å². The van der Waals surface area contributed by atoms with E-state index in [0.29, 0.717) is 0 Å². The molecular weight excluding hydrogens is 181 g/mol. The fourth-order valence-electron chi connectivity index (χ4n) is 0. The molecule has 0 saturated carbocycles. The molecule has 33 valence electrons. The van der Waals surface area contributed by atoms with Gasteiger partial charge in [-0.05, 0) is 0 Å². The van der Waals surface area contributed by atoms with Crippen LogP contribution in [0.4, 0.5) is 0 Å². The Morgan fingerprint density at radius 2 is 1.25 bits per heavy atom. The van der Waals surface area contributed by atoms with Crippen LogP contribution in [0.25, 0.3) is 0 Å². The van der Waals surface area contributed by atoms with Crippen LogP contribution < -0.4 is 0 Å². The summed E-state index contributed by atoms with van der Waals surface area (Å²) in [4.78, 5) is 0. The molecule has 4 heavy (non-hydrogen) atoms. The Bertz CT molecular complexity index is 8.00. The minimum Gasteiger partial charge on any atom is 0 e. The third kappa shape index (κ3) is 9.65. The second-order valence-electron chi connectivity index (χ2n) is 0. The van der Waals surface area contributed by atoms with Crippen LogP contribution in [0.3, 0.4) is 0 Å². The smallest absolute Gasteiger partial charge is 0 e. The Balaban J connectivity index is -0.00000000500. The van der Waals surface area contributed by atoms with Crippen molar-refractivity contribution in [3.63, 3.8) is 0 Å². The van der Waals surface area contributed by atoms with Crippen LogP contribution in [-0.4, -0.2) is 0 Å². The molecule has 0 aromatic carbocycles. The summed E-state index contributed by atoms with van der Waals surface area (Å²) in [7, 11) is 0. The maximum absolute atomic E-state index is 3.06. The van der Waals surface area contributed by atoms with Gasteiger partial charge in [0.2, 0.25) is 0 Å². The zero-order valence-electron chi connectivity index (χ0n) is 1.05. The molecule has 0 saturated heterocycles. The third-order valence-corrected chi connectivity index (χ3v) is 0. The molecule has 0 amide bonds. The van der Waals surface area contributed by atoms with Crippen LogP contribution in [-0.2, 0) is 44.9 Å². The molecule has 0 aliphatic heterocycles. The van der Waals surface area contributed by atoms with Gasteiger partial charge in [0.1, 0.15) is 0 Å². The van der Waals surface area contributed by atoms with Crippen LogP contribution in [0.15, 0.2) is 0 Å². The van der Waals surface area contributed by atoms with Gasteiger partial charge in [0.05, 0.1) is 0 Å². The molecule has 0 bridgehead atoms. The van der Waals surface area contributed by atoms with E-state index >= 15 is 0 Å². The fraction of sp³-hybridized carbons (Fsp3) is 1.00. The summed E-state index contributed by atoms with van der Waals surface area (Å²) in [5.41, 5.74) is 0. The average molecular weight is 186 g/mol. The number of hydrogen-bond acceptors (Lipinski definition) is 0. The molecule has 0 aromatic rings. The molecule has 0 unspecified atom stereocenters. The molecule has 0 aliphatic rings. The van der Waals surface area contributed by atoms with Gasteiger partial charge in [0, 0.05) is 16.5 Å². The van der Waals surface area contributed by atoms with Crippen LogP contribution in [0, 0.1) is 0 Å². The standard InChI is InChI=1S/CH4.Fe.Mn.Ni/h1H4;;;. The van der Waals surface area contributed by atoms with Gasteiger partial charge < -0.3 is 0 Å². The third-order valence-electron chi connectivity index (χ3n) is 0. The van der Waals surface area contributed by atoms with Crippen molar-refractivity contribution in [2.45, 2.75) is 7.43 Å². The van der Waals surface area contributed by atoms with Gasteiger partial charge in [-0.15, -0.1) is 0 Å². The van der Waals surface area contributed by atoms with Gasteiger partial charge in [-0.3, -0.25) is 0 Å². The second-order valence-corrected chi connectivity index (χ2v) is 0. The van der Waals surface area contributed by atoms with E-state index in [1.165, 1.54) is 0 Å². The molecule has 0 spiro atoms. The Morgan fingerprint density at radius 1 is 1.25 bits per heavy atom. The van der Waals surface area contributed by atoms with Gasteiger partial charge in [0.25, 0.3) is 0 Å². The van der Waals surface area contributed by atoms with Crippen molar-refractivity contribution in [1.29, 1.82) is 0 Å². The van der Waals surface area contributed by atoms with Crippen molar-refractivity contribution in [3.8, 4) is 0 Å². The van der Waals surface area contributed by atoms with Gasteiger partial charge in [-0.25, -0.2) is 0 Å². The van der Waals surface area contributed by atoms with E-state index in [1.807, 2.05) is 0 Å². The maximum atomic E-state index is 3.06. The summed E-state index contributed by atoms with van der Waals surface area (Å²) < 4.78 is 0. The zero-order chi connectivity index (χ0) is 2.00. The maximum Gasteiger partial charge on any atom is 0 e. The van der Waals surface area contributed by atoms with Crippen LogP contribution in [0.2, 0.25) is 0 Å². The van der Waals surface area contributed by atoms with Crippen molar-refractivity contribution in [3.05, 3.63) is 0 Å². The van der Waals surface area contributed by atoms with Gasteiger partial charge in [0.15, 0.2) is 0 Å². The van der Waals surface area contributed by atoms with E-state index in [4.69, 9.17) is 0 Å². The SMILES string of the molecule is C.[Mn][Fe].[Ni]. The van der Waals surface area contributed by atoms with E-state index < -0.39 is 0 Å². The first kappa shape index (κ1) is 17.7. The minimum absolute atomic E-state index is 0. The van der Waals surface area contributed by atoms with Crippen molar-refractivity contribution < 1.29 is 44.9 Å². The molecular formula is CH4FeMnNi. The summed E-state index contributed by atoms with van der Waals surface area (Å²) >= 11 is 5.75. The largest absolute Gasteiger partial charge is 0 e. The quantitative estimate of drug-likeness (QED) is 0.486. The normalized spacial score (nSPS) is 1.50. The molecule has 0 N–H and O–H groups in total. The first-order valence-corrected chi connectivity index (χ1v) is 2.27. The molecule has 0 aliphatic carbocycles. The molecule has 3 heteroatoms. The first-order valence-electron chi connectivity index (χ1n) is 0.134. The van der Waals surface area contributed by atoms with E-state index in [2.05, 4.69) is 28.4 Å². The molecule has 0 aromatic heterocycles. The topological polar surface area (TPSA) is 0 Å². The van der Waals surface area contributed by atoms with E-state index in [0.717, 1.165) is 0 Å². The predicted molar refractivity (Wildman–Crippen MR) is 6.73 cm³/mol. The minimum atomic E-state index is 0. The predicted octanol–water partition coefficient (Wildman–Crippen LogP) is 0.629. The van der Waals surface area contributed by atoms with Gasteiger partial charge >= 0.3 is 28.4 Å². The summed E-state index contributed by atoms with van der Waals surface area (Å²) in [5, 5.41) is 0. The van der Waals surface area contributed by atoms with Gasteiger partial charge in [-0.1, -0.05) is 7.43 Å². The van der Waals surface area contributed by atoms with Gasteiger partial charge in [-0.2, -0.15) is 0 Å². The first-order chi connectivity index (χ1) is 1.00. The molecule has 0 fully saturated rings. The number of rotatable bonds is 0. The van der Waals surface area contributed by atoms with Crippen molar-refractivity contribution in [2.24, 2.45) is 0 Å². The molecule has 0 radical (unpaired) electrons. The van der Waals surface area contributed by atoms with E-state index in [1.54, 1.807) is 0 Å². The fourth-order valence-corrected chi connectivity index (χ4v) is 0. The molecule has 0 rings (SSSR count). The Labute approximate surface area is 52.2 Å².